The van der Waals surface area contributed by atoms with Crippen LogP contribution in [0.15, 0.2) is 61.3 Å². The first-order chi connectivity index (χ1) is 9.79. The highest BCUT2D eigenvalue weighted by Crippen LogP contribution is 2.25. The molecular formula is C17H17N3. The van der Waals surface area contributed by atoms with Gasteiger partial charge in [0.2, 0.25) is 5.95 Å². The van der Waals surface area contributed by atoms with Gasteiger partial charge in [-0.1, -0.05) is 42.5 Å². The summed E-state index contributed by atoms with van der Waals surface area (Å²) in [5.74, 6) is 0.846. The predicted molar refractivity (Wildman–Crippen MR) is 84.5 cm³/mol. The van der Waals surface area contributed by atoms with Gasteiger partial charge in [0.05, 0.1) is 11.4 Å². The van der Waals surface area contributed by atoms with Gasteiger partial charge in [-0.15, -0.1) is 6.58 Å². The van der Waals surface area contributed by atoms with Gasteiger partial charge in [0.1, 0.15) is 0 Å². The molecule has 3 rings (SSSR count). The van der Waals surface area contributed by atoms with Crippen LogP contribution in [0.25, 0.3) is 16.5 Å². The molecule has 1 aromatic heterocycles. The number of nitrogens with zero attached hydrogens (tertiary/aromatic N) is 2. The molecule has 0 amide bonds. The summed E-state index contributed by atoms with van der Waals surface area (Å²) in [6, 6.07) is 14.7. The summed E-state index contributed by atoms with van der Waals surface area (Å²) < 4.78 is 2.10. The molecule has 0 bridgehead atoms. The van der Waals surface area contributed by atoms with Crippen molar-refractivity contribution in [3.8, 4) is 5.69 Å². The van der Waals surface area contributed by atoms with Crippen molar-refractivity contribution in [1.29, 1.82) is 0 Å². The molecular weight excluding hydrogens is 246 g/mol. The smallest absolute Gasteiger partial charge is 0.208 e. The zero-order chi connectivity index (χ0) is 13.9. The highest BCUT2D eigenvalue weighted by Gasteiger charge is 2.09. The molecule has 0 atom stereocenters. The summed E-state index contributed by atoms with van der Waals surface area (Å²) in [6.07, 6.45) is 3.88. The van der Waals surface area contributed by atoms with E-state index in [9.17, 15) is 0 Å². The van der Waals surface area contributed by atoms with Gasteiger partial charge in [-0.25, -0.2) is 4.98 Å². The normalized spacial score (nSPS) is 10.7. The maximum absolute atomic E-state index is 4.54. The molecule has 0 aliphatic heterocycles. The van der Waals surface area contributed by atoms with Gasteiger partial charge in [0.15, 0.2) is 0 Å². The Balaban J connectivity index is 2.18. The zero-order valence-corrected chi connectivity index (χ0v) is 11.5. The lowest BCUT2D eigenvalue weighted by Gasteiger charge is -2.11. The molecule has 0 unspecified atom stereocenters. The van der Waals surface area contributed by atoms with Crippen LogP contribution in [0.1, 0.15) is 5.69 Å². The Labute approximate surface area is 118 Å². The van der Waals surface area contributed by atoms with E-state index >= 15 is 0 Å². The molecule has 0 aliphatic rings. The number of benzene rings is 2. The summed E-state index contributed by atoms with van der Waals surface area (Å²) in [6.45, 7) is 6.43. The first-order valence-corrected chi connectivity index (χ1v) is 6.68. The minimum absolute atomic E-state index is 0.696. The number of aryl methyl sites for hydroxylation is 1. The fourth-order valence-corrected chi connectivity index (χ4v) is 2.39. The van der Waals surface area contributed by atoms with Crippen molar-refractivity contribution in [3.63, 3.8) is 0 Å². The second-order valence-corrected chi connectivity index (χ2v) is 4.74. The second kappa shape index (κ2) is 5.21. The van der Waals surface area contributed by atoms with Gasteiger partial charge >= 0.3 is 0 Å². The molecule has 3 heteroatoms. The molecule has 20 heavy (non-hydrogen) atoms. The number of imidazole rings is 1. The number of hydrogen-bond donors (Lipinski definition) is 1. The number of rotatable bonds is 4. The fraction of sp³-hybridized carbons (Fsp3) is 0.118. The van der Waals surface area contributed by atoms with E-state index in [0.717, 1.165) is 17.3 Å². The fourth-order valence-electron chi connectivity index (χ4n) is 2.39. The number of anilines is 1. The molecule has 0 fully saturated rings. The van der Waals surface area contributed by atoms with Crippen molar-refractivity contribution in [2.75, 3.05) is 11.9 Å². The summed E-state index contributed by atoms with van der Waals surface area (Å²) >= 11 is 0. The van der Waals surface area contributed by atoms with Gasteiger partial charge in [-0.3, -0.25) is 4.57 Å². The summed E-state index contributed by atoms with van der Waals surface area (Å²) in [4.78, 5) is 4.54. The van der Waals surface area contributed by atoms with Crippen LogP contribution in [0.5, 0.6) is 0 Å². The van der Waals surface area contributed by atoms with Crippen molar-refractivity contribution >= 4 is 16.7 Å². The SMILES string of the molecule is C=CCNc1nc(C)cn1-c1cccc2ccccc12. The minimum Gasteiger partial charge on any atom is -0.352 e. The monoisotopic (exact) mass is 263 g/mol. The molecule has 2 aromatic carbocycles. The van der Waals surface area contributed by atoms with Crippen LogP contribution in [0, 0.1) is 6.92 Å². The molecule has 3 nitrogen and oxygen atoms in total. The van der Waals surface area contributed by atoms with Crippen LogP contribution in [-0.4, -0.2) is 16.1 Å². The van der Waals surface area contributed by atoms with Gasteiger partial charge < -0.3 is 5.32 Å². The Morgan fingerprint density at radius 3 is 2.85 bits per heavy atom. The maximum Gasteiger partial charge on any atom is 0.208 e. The van der Waals surface area contributed by atoms with Crippen LogP contribution >= 0.6 is 0 Å². The molecule has 1 heterocycles. The standard InChI is InChI=1S/C17H17N3/c1-3-11-18-17-19-13(2)12-20(17)16-10-6-8-14-7-4-5-9-15(14)16/h3-10,12H,1,11H2,2H3,(H,18,19). The Morgan fingerprint density at radius 2 is 2.00 bits per heavy atom. The minimum atomic E-state index is 0.696. The lowest BCUT2D eigenvalue weighted by Crippen LogP contribution is -2.05. The van der Waals surface area contributed by atoms with Gasteiger partial charge in [-0.2, -0.15) is 0 Å². The highest BCUT2D eigenvalue weighted by molar-refractivity contribution is 5.90. The van der Waals surface area contributed by atoms with E-state index in [1.165, 1.54) is 10.8 Å². The van der Waals surface area contributed by atoms with E-state index in [0.29, 0.717) is 6.54 Å². The molecule has 0 spiro atoms. The van der Waals surface area contributed by atoms with E-state index in [2.05, 4.69) is 63.9 Å². The Bertz CT molecular complexity index is 751. The number of fused-ring (bicyclic) bond motifs is 1. The van der Waals surface area contributed by atoms with E-state index in [1.807, 2.05) is 19.2 Å². The van der Waals surface area contributed by atoms with Crippen LogP contribution in [-0.2, 0) is 0 Å². The molecule has 1 N–H and O–H groups in total. The van der Waals surface area contributed by atoms with Gasteiger partial charge in [0, 0.05) is 18.1 Å². The molecule has 0 radical (unpaired) electrons. The quantitative estimate of drug-likeness (QED) is 0.723. The van der Waals surface area contributed by atoms with E-state index in [4.69, 9.17) is 0 Å². The molecule has 0 saturated carbocycles. The number of nitrogens with one attached hydrogen (secondary N) is 1. The topological polar surface area (TPSA) is 29.9 Å². The first-order valence-electron chi connectivity index (χ1n) is 6.68. The Kier molecular flexibility index (Phi) is 3.25. The third-order valence-corrected chi connectivity index (χ3v) is 3.26. The van der Waals surface area contributed by atoms with Crippen molar-refractivity contribution in [2.45, 2.75) is 6.92 Å². The van der Waals surface area contributed by atoms with Gasteiger partial charge in [-0.05, 0) is 18.4 Å². The van der Waals surface area contributed by atoms with Gasteiger partial charge in [0.25, 0.3) is 0 Å². The third-order valence-electron chi connectivity index (χ3n) is 3.26. The van der Waals surface area contributed by atoms with Crippen molar-refractivity contribution < 1.29 is 0 Å². The molecule has 3 aromatic rings. The van der Waals surface area contributed by atoms with Crippen LogP contribution in [0.4, 0.5) is 5.95 Å². The highest BCUT2D eigenvalue weighted by atomic mass is 15.2. The van der Waals surface area contributed by atoms with E-state index < -0.39 is 0 Å². The van der Waals surface area contributed by atoms with Crippen LogP contribution in [0.3, 0.4) is 0 Å². The van der Waals surface area contributed by atoms with Crippen molar-refractivity contribution in [1.82, 2.24) is 9.55 Å². The average molecular weight is 263 g/mol. The lowest BCUT2D eigenvalue weighted by molar-refractivity contribution is 1.05. The third kappa shape index (κ3) is 2.18. The van der Waals surface area contributed by atoms with E-state index in [-0.39, 0.29) is 0 Å². The second-order valence-electron chi connectivity index (χ2n) is 4.74. The Hall–Kier alpha value is -2.55. The summed E-state index contributed by atoms with van der Waals surface area (Å²) in [5.41, 5.74) is 2.12. The molecule has 0 saturated heterocycles. The largest absolute Gasteiger partial charge is 0.352 e. The van der Waals surface area contributed by atoms with E-state index in [1.54, 1.807) is 0 Å². The number of aromatic nitrogens is 2. The molecule has 0 aliphatic carbocycles. The maximum atomic E-state index is 4.54. The van der Waals surface area contributed by atoms with Crippen LogP contribution in [0.2, 0.25) is 0 Å². The zero-order valence-electron chi connectivity index (χ0n) is 11.5. The first kappa shape index (κ1) is 12.5. The summed E-state index contributed by atoms with van der Waals surface area (Å²) in [7, 11) is 0. The average Bonchev–Trinajstić information content (AvgIpc) is 2.85. The predicted octanol–water partition coefficient (Wildman–Crippen LogP) is 3.93. The number of hydrogen-bond acceptors (Lipinski definition) is 2. The molecule has 100 valence electrons. The lowest BCUT2D eigenvalue weighted by atomic mass is 10.1. The summed E-state index contributed by atoms with van der Waals surface area (Å²) in [5, 5.41) is 5.73. The van der Waals surface area contributed by atoms with Crippen molar-refractivity contribution in [3.05, 3.63) is 67.0 Å². The van der Waals surface area contributed by atoms with Crippen molar-refractivity contribution in [2.24, 2.45) is 0 Å². The van der Waals surface area contributed by atoms with Crippen LogP contribution < -0.4 is 5.32 Å². The Morgan fingerprint density at radius 1 is 1.20 bits per heavy atom.